The molecule has 0 saturated carbocycles. The predicted octanol–water partition coefficient (Wildman–Crippen LogP) is 0.929. The summed E-state index contributed by atoms with van der Waals surface area (Å²) in [4.78, 5) is 0. The van der Waals surface area contributed by atoms with E-state index in [9.17, 15) is 8.42 Å². The molecule has 0 aromatic heterocycles. The van der Waals surface area contributed by atoms with Crippen molar-refractivity contribution in [2.45, 2.75) is 12.2 Å². The fourth-order valence-electron chi connectivity index (χ4n) is 2.54. The molecule has 0 amide bonds. The number of hydrogen-bond donors (Lipinski definition) is 1. The van der Waals surface area contributed by atoms with Gasteiger partial charge in [0.2, 0.25) is 10.0 Å². The summed E-state index contributed by atoms with van der Waals surface area (Å²) in [5.74, 6) is 0.356. The number of nitrogens with zero attached hydrogens (tertiary/aromatic N) is 2. The van der Waals surface area contributed by atoms with Crippen molar-refractivity contribution in [1.29, 1.82) is 5.26 Å². The summed E-state index contributed by atoms with van der Waals surface area (Å²) in [5.41, 5.74) is 1.16. The van der Waals surface area contributed by atoms with E-state index in [2.05, 4.69) is 5.32 Å². The Morgan fingerprint density at radius 2 is 2.30 bits per heavy atom. The van der Waals surface area contributed by atoms with Gasteiger partial charge in [-0.3, -0.25) is 0 Å². The number of rotatable bonds is 5. The molecule has 0 bridgehead atoms. The highest BCUT2D eigenvalue weighted by Crippen LogP contribution is 2.21. The van der Waals surface area contributed by atoms with Gasteiger partial charge in [-0.2, -0.15) is 5.26 Å². The van der Waals surface area contributed by atoms with Crippen LogP contribution in [0.4, 0.5) is 0 Å². The van der Waals surface area contributed by atoms with E-state index in [1.54, 1.807) is 28.6 Å². The van der Waals surface area contributed by atoms with Gasteiger partial charge in [-0.1, -0.05) is 12.1 Å². The van der Waals surface area contributed by atoms with Crippen LogP contribution in [0.5, 0.6) is 0 Å². The maximum atomic E-state index is 12.4. The van der Waals surface area contributed by atoms with Crippen molar-refractivity contribution in [3.63, 3.8) is 0 Å². The van der Waals surface area contributed by atoms with Crippen LogP contribution in [0, 0.1) is 17.2 Å². The van der Waals surface area contributed by atoms with Crippen molar-refractivity contribution < 1.29 is 8.42 Å². The highest BCUT2D eigenvalue weighted by Gasteiger charge is 2.30. The van der Waals surface area contributed by atoms with Crippen LogP contribution < -0.4 is 5.32 Å². The Balaban J connectivity index is 2.06. The zero-order valence-corrected chi connectivity index (χ0v) is 12.4. The second-order valence-corrected chi connectivity index (χ2v) is 7.11. The maximum Gasteiger partial charge on any atom is 0.218 e. The SMILES string of the molecule is CNCC1CCN(S(=O)(=O)Cc2cccc(C#N)c2)C1. The van der Waals surface area contributed by atoms with Crippen molar-refractivity contribution in [3.05, 3.63) is 35.4 Å². The van der Waals surface area contributed by atoms with E-state index in [4.69, 9.17) is 5.26 Å². The van der Waals surface area contributed by atoms with Crippen LogP contribution in [-0.4, -0.2) is 39.4 Å². The summed E-state index contributed by atoms with van der Waals surface area (Å²) >= 11 is 0. The summed E-state index contributed by atoms with van der Waals surface area (Å²) in [5, 5.41) is 11.9. The lowest BCUT2D eigenvalue weighted by Crippen LogP contribution is -2.31. The highest BCUT2D eigenvalue weighted by atomic mass is 32.2. The fourth-order valence-corrected chi connectivity index (χ4v) is 4.14. The van der Waals surface area contributed by atoms with Crippen LogP contribution >= 0.6 is 0 Å². The van der Waals surface area contributed by atoms with E-state index in [0.717, 1.165) is 13.0 Å². The van der Waals surface area contributed by atoms with Gasteiger partial charge in [0.25, 0.3) is 0 Å². The van der Waals surface area contributed by atoms with Crippen LogP contribution in [0.25, 0.3) is 0 Å². The quantitative estimate of drug-likeness (QED) is 0.876. The van der Waals surface area contributed by atoms with E-state index in [1.807, 2.05) is 13.1 Å². The third kappa shape index (κ3) is 3.57. The van der Waals surface area contributed by atoms with E-state index >= 15 is 0 Å². The molecule has 5 nitrogen and oxygen atoms in total. The van der Waals surface area contributed by atoms with Gasteiger partial charge in [0, 0.05) is 13.1 Å². The molecule has 0 radical (unpaired) electrons. The molecule has 1 saturated heterocycles. The second-order valence-electron chi connectivity index (χ2n) is 5.14. The smallest absolute Gasteiger partial charge is 0.218 e. The molecule has 1 aromatic carbocycles. The minimum atomic E-state index is -3.29. The van der Waals surface area contributed by atoms with E-state index < -0.39 is 10.0 Å². The van der Waals surface area contributed by atoms with Crippen molar-refractivity contribution in [2.24, 2.45) is 5.92 Å². The number of nitriles is 1. The summed E-state index contributed by atoms with van der Waals surface area (Å²) < 4.78 is 26.3. The molecule has 1 unspecified atom stereocenters. The molecule has 1 atom stereocenters. The van der Waals surface area contributed by atoms with E-state index in [-0.39, 0.29) is 5.75 Å². The Morgan fingerprint density at radius 3 is 3.00 bits per heavy atom. The van der Waals surface area contributed by atoms with Crippen molar-refractivity contribution in [3.8, 4) is 6.07 Å². The molecule has 1 aromatic rings. The Hall–Kier alpha value is -1.42. The van der Waals surface area contributed by atoms with Crippen LogP contribution in [0.2, 0.25) is 0 Å². The van der Waals surface area contributed by atoms with E-state index in [1.165, 1.54) is 0 Å². The first-order valence-corrected chi connectivity index (χ1v) is 8.27. The van der Waals surface area contributed by atoms with Gasteiger partial charge >= 0.3 is 0 Å². The standard InChI is InChI=1S/C14H19N3O2S/c1-16-9-14-5-6-17(10-14)20(18,19)11-13-4-2-3-12(7-13)8-15/h2-4,7,14,16H,5-6,9-11H2,1H3. The first-order valence-electron chi connectivity index (χ1n) is 6.66. The zero-order chi connectivity index (χ0) is 14.6. The largest absolute Gasteiger partial charge is 0.319 e. The lowest BCUT2D eigenvalue weighted by atomic mass is 10.1. The molecule has 1 N–H and O–H groups in total. The third-order valence-electron chi connectivity index (χ3n) is 3.54. The molecular formula is C14H19N3O2S. The second kappa shape index (κ2) is 6.35. The van der Waals surface area contributed by atoms with Gasteiger partial charge < -0.3 is 5.32 Å². The molecule has 6 heteroatoms. The molecule has 1 aliphatic rings. The lowest BCUT2D eigenvalue weighted by molar-refractivity contribution is 0.450. The van der Waals surface area contributed by atoms with Gasteiger partial charge in [-0.15, -0.1) is 0 Å². The molecule has 20 heavy (non-hydrogen) atoms. The lowest BCUT2D eigenvalue weighted by Gasteiger charge is -2.16. The Labute approximate surface area is 120 Å². The van der Waals surface area contributed by atoms with E-state index in [0.29, 0.717) is 30.1 Å². The first-order chi connectivity index (χ1) is 9.55. The van der Waals surface area contributed by atoms with Gasteiger partial charge in [-0.25, -0.2) is 12.7 Å². The zero-order valence-electron chi connectivity index (χ0n) is 11.5. The molecule has 0 aliphatic carbocycles. The third-order valence-corrected chi connectivity index (χ3v) is 5.36. The Morgan fingerprint density at radius 1 is 1.50 bits per heavy atom. The number of nitrogens with one attached hydrogen (secondary N) is 1. The monoisotopic (exact) mass is 293 g/mol. The van der Waals surface area contributed by atoms with Crippen LogP contribution in [0.3, 0.4) is 0 Å². The van der Waals surface area contributed by atoms with Crippen LogP contribution in [0.1, 0.15) is 17.5 Å². The molecule has 2 rings (SSSR count). The molecular weight excluding hydrogens is 274 g/mol. The summed E-state index contributed by atoms with van der Waals surface area (Å²) in [6.07, 6.45) is 0.901. The highest BCUT2D eigenvalue weighted by molar-refractivity contribution is 7.88. The van der Waals surface area contributed by atoms with Crippen LogP contribution in [0.15, 0.2) is 24.3 Å². The maximum absolute atomic E-state index is 12.4. The number of sulfonamides is 1. The topological polar surface area (TPSA) is 73.2 Å². The predicted molar refractivity (Wildman–Crippen MR) is 77.4 cm³/mol. The molecule has 1 aliphatic heterocycles. The molecule has 1 heterocycles. The minimum absolute atomic E-state index is 0.0329. The molecule has 108 valence electrons. The summed E-state index contributed by atoms with van der Waals surface area (Å²) in [6, 6.07) is 8.81. The van der Waals surface area contributed by atoms with Crippen LogP contribution in [-0.2, 0) is 15.8 Å². The average molecular weight is 293 g/mol. The van der Waals surface area contributed by atoms with Crippen molar-refractivity contribution in [1.82, 2.24) is 9.62 Å². The van der Waals surface area contributed by atoms with Crippen molar-refractivity contribution >= 4 is 10.0 Å². The van der Waals surface area contributed by atoms with Gasteiger partial charge in [0.05, 0.1) is 17.4 Å². The molecule has 1 fully saturated rings. The van der Waals surface area contributed by atoms with Crippen molar-refractivity contribution in [2.75, 3.05) is 26.7 Å². The number of hydrogen-bond acceptors (Lipinski definition) is 4. The minimum Gasteiger partial charge on any atom is -0.319 e. The first kappa shape index (κ1) is 15.0. The summed E-state index contributed by atoms with van der Waals surface area (Å²) in [7, 11) is -1.41. The number of benzene rings is 1. The Kier molecular flexibility index (Phi) is 4.76. The molecule has 0 spiro atoms. The van der Waals surface area contributed by atoms with Gasteiger partial charge in [-0.05, 0) is 43.6 Å². The van der Waals surface area contributed by atoms with Gasteiger partial charge in [0.15, 0.2) is 0 Å². The average Bonchev–Trinajstić information content (AvgIpc) is 2.88. The Bertz CT molecular complexity index is 607. The fraction of sp³-hybridized carbons (Fsp3) is 0.500. The normalized spacial score (nSPS) is 19.9. The summed E-state index contributed by atoms with van der Waals surface area (Å²) in [6.45, 7) is 2.02. The van der Waals surface area contributed by atoms with Gasteiger partial charge in [0.1, 0.15) is 0 Å².